The molecule has 0 saturated carbocycles. The largest absolute Gasteiger partial charge is 0.497 e. The fraction of sp³-hybridized carbons (Fsp3) is 0.222. The Labute approximate surface area is 163 Å². The second kappa shape index (κ2) is 7.86. The van der Waals surface area contributed by atoms with Gasteiger partial charge in [-0.3, -0.25) is 0 Å². The molecule has 29 heavy (non-hydrogen) atoms. The van der Waals surface area contributed by atoms with E-state index in [0.29, 0.717) is 17.0 Å². The van der Waals surface area contributed by atoms with E-state index < -0.39 is 17.8 Å². The topological polar surface area (TPSA) is 77.2 Å². The number of aromatic nitrogens is 4. The second-order valence-corrected chi connectivity index (χ2v) is 5.97. The lowest BCUT2D eigenvalue weighted by Gasteiger charge is -2.10. The van der Waals surface area contributed by atoms with E-state index in [1.165, 1.54) is 14.2 Å². The van der Waals surface area contributed by atoms with Crippen LogP contribution in [0.3, 0.4) is 0 Å². The molecule has 2 heterocycles. The SMILES string of the molecule is COc1ccc(-c2cc(C(F)(F)F)nc(NN=Cc3c(C)nn(C)c3F)n2)cc1. The summed E-state index contributed by atoms with van der Waals surface area (Å²) in [7, 11) is 2.90. The second-order valence-electron chi connectivity index (χ2n) is 5.97. The van der Waals surface area contributed by atoms with Crippen LogP contribution in [-0.4, -0.2) is 33.1 Å². The Morgan fingerprint density at radius 1 is 1.17 bits per heavy atom. The first-order valence-electron chi connectivity index (χ1n) is 8.28. The zero-order valence-corrected chi connectivity index (χ0v) is 15.6. The van der Waals surface area contributed by atoms with E-state index in [2.05, 4.69) is 25.6 Å². The summed E-state index contributed by atoms with van der Waals surface area (Å²) in [5.74, 6) is -0.462. The molecule has 0 aliphatic rings. The maximum Gasteiger partial charge on any atom is 0.433 e. The number of benzene rings is 1. The van der Waals surface area contributed by atoms with Crippen LogP contribution in [0.2, 0.25) is 0 Å². The Hall–Kier alpha value is -3.50. The number of hydrazone groups is 1. The van der Waals surface area contributed by atoms with Crippen molar-refractivity contribution in [3.05, 3.63) is 53.2 Å². The van der Waals surface area contributed by atoms with Gasteiger partial charge in [-0.15, -0.1) is 0 Å². The number of rotatable bonds is 5. The number of halogens is 4. The molecule has 7 nitrogen and oxygen atoms in total. The summed E-state index contributed by atoms with van der Waals surface area (Å²) >= 11 is 0. The van der Waals surface area contributed by atoms with Crippen LogP contribution in [0, 0.1) is 12.9 Å². The fourth-order valence-electron chi connectivity index (χ4n) is 2.50. The zero-order chi connectivity index (χ0) is 21.2. The molecule has 0 amide bonds. The first-order valence-corrected chi connectivity index (χ1v) is 8.28. The summed E-state index contributed by atoms with van der Waals surface area (Å²) in [6.45, 7) is 1.58. The van der Waals surface area contributed by atoms with Crippen LogP contribution in [0.15, 0.2) is 35.4 Å². The molecule has 0 bridgehead atoms. The third-order valence-corrected chi connectivity index (χ3v) is 3.96. The third-order valence-electron chi connectivity index (χ3n) is 3.96. The molecular formula is C18H16F4N6O. The minimum absolute atomic E-state index is 0.0383. The van der Waals surface area contributed by atoms with Gasteiger partial charge >= 0.3 is 6.18 Å². The van der Waals surface area contributed by atoms with E-state index in [-0.39, 0.29) is 17.2 Å². The standard InChI is InChI=1S/C18H16F4N6O/c1-10-13(16(19)28(2)27-10)9-23-26-17-24-14(8-15(25-17)18(20,21)22)11-4-6-12(29-3)7-5-11/h4-9H,1-3H3,(H,24,25,26). The molecule has 1 N–H and O–H groups in total. The van der Waals surface area contributed by atoms with Crippen LogP contribution in [0.5, 0.6) is 5.75 Å². The maximum atomic E-state index is 13.9. The number of alkyl halides is 3. The van der Waals surface area contributed by atoms with Crippen LogP contribution >= 0.6 is 0 Å². The number of aryl methyl sites for hydroxylation is 2. The van der Waals surface area contributed by atoms with Gasteiger partial charge in [0.15, 0.2) is 5.69 Å². The van der Waals surface area contributed by atoms with Gasteiger partial charge in [-0.25, -0.2) is 20.1 Å². The summed E-state index contributed by atoms with van der Waals surface area (Å²) < 4.78 is 59.7. The number of hydrogen-bond donors (Lipinski definition) is 1. The molecule has 0 aliphatic carbocycles. The molecule has 3 aromatic rings. The summed E-state index contributed by atoms with van der Waals surface area (Å²) in [6.07, 6.45) is -3.58. The molecule has 0 unspecified atom stereocenters. The highest BCUT2D eigenvalue weighted by atomic mass is 19.4. The Bertz CT molecular complexity index is 1040. The molecule has 2 aromatic heterocycles. The quantitative estimate of drug-likeness (QED) is 0.395. The fourth-order valence-corrected chi connectivity index (χ4v) is 2.50. The molecule has 11 heteroatoms. The van der Waals surface area contributed by atoms with E-state index in [0.717, 1.165) is 17.0 Å². The summed E-state index contributed by atoms with van der Waals surface area (Å²) in [5.41, 5.74) is 2.12. The van der Waals surface area contributed by atoms with Gasteiger partial charge in [-0.2, -0.15) is 27.8 Å². The normalized spacial score (nSPS) is 11.8. The highest BCUT2D eigenvalue weighted by Crippen LogP contribution is 2.31. The van der Waals surface area contributed by atoms with Crippen molar-refractivity contribution < 1.29 is 22.3 Å². The number of methoxy groups -OCH3 is 1. The Kier molecular flexibility index (Phi) is 5.48. The molecule has 152 valence electrons. The minimum atomic E-state index is -4.68. The van der Waals surface area contributed by atoms with Crippen molar-refractivity contribution in [1.29, 1.82) is 0 Å². The van der Waals surface area contributed by atoms with Gasteiger partial charge in [0, 0.05) is 12.6 Å². The van der Waals surface area contributed by atoms with Gasteiger partial charge in [-0.1, -0.05) is 0 Å². The van der Waals surface area contributed by atoms with Crippen molar-refractivity contribution >= 4 is 12.2 Å². The Balaban J connectivity index is 1.94. The molecule has 0 aliphatic heterocycles. The van der Waals surface area contributed by atoms with Gasteiger partial charge in [0.2, 0.25) is 11.9 Å². The molecular weight excluding hydrogens is 392 g/mol. The minimum Gasteiger partial charge on any atom is -0.497 e. The first kappa shape index (κ1) is 20.2. The first-order chi connectivity index (χ1) is 13.7. The van der Waals surface area contributed by atoms with Crippen LogP contribution in [0.1, 0.15) is 17.0 Å². The van der Waals surface area contributed by atoms with E-state index in [1.807, 2.05) is 0 Å². The van der Waals surface area contributed by atoms with Gasteiger partial charge in [0.1, 0.15) is 5.75 Å². The van der Waals surface area contributed by atoms with Crippen LogP contribution in [0.25, 0.3) is 11.3 Å². The predicted molar refractivity (Wildman–Crippen MR) is 98.1 cm³/mol. The number of nitrogens with one attached hydrogen (secondary N) is 1. The Morgan fingerprint density at radius 3 is 2.41 bits per heavy atom. The van der Waals surface area contributed by atoms with Crippen LogP contribution in [-0.2, 0) is 13.2 Å². The summed E-state index contributed by atoms with van der Waals surface area (Å²) in [6, 6.07) is 7.18. The summed E-state index contributed by atoms with van der Waals surface area (Å²) in [4.78, 5) is 7.51. The summed E-state index contributed by atoms with van der Waals surface area (Å²) in [5, 5.41) is 7.63. The maximum absolute atomic E-state index is 13.9. The van der Waals surface area contributed by atoms with Crippen LogP contribution < -0.4 is 10.2 Å². The van der Waals surface area contributed by atoms with Gasteiger partial charge in [0.25, 0.3) is 0 Å². The third kappa shape index (κ3) is 4.50. The average molecular weight is 408 g/mol. The number of anilines is 1. The monoisotopic (exact) mass is 408 g/mol. The zero-order valence-electron chi connectivity index (χ0n) is 15.6. The van der Waals surface area contributed by atoms with Crippen molar-refractivity contribution in [3.63, 3.8) is 0 Å². The van der Waals surface area contributed by atoms with E-state index in [1.54, 1.807) is 31.2 Å². The Morgan fingerprint density at radius 2 is 1.86 bits per heavy atom. The molecule has 0 atom stereocenters. The predicted octanol–water partition coefficient (Wildman–Crippen LogP) is 3.80. The van der Waals surface area contributed by atoms with E-state index in [4.69, 9.17) is 4.74 Å². The van der Waals surface area contributed by atoms with Gasteiger partial charge in [-0.05, 0) is 37.3 Å². The number of hydrogen-bond acceptors (Lipinski definition) is 6. The molecule has 0 fully saturated rings. The number of ether oxygens (including phenoxy) is 1. The number of nitrogens with zero attached hydrogens (tertiary/aromatic N) is 5. The van der Waals surface area contributed by atoms with Crippen molar-refractivity contribution in [2.24, 2.45) is 12.1 Å². The molecule has 0 radical (unpaired) electrons. The van der Waals surface area contributed by atoms with Gasteiger partial charge < -0.3 is 4.74 Å². The molecule has 3 rings (SSSR count). The van der Waals surface area contributed by atoms with Crippen molar-refractivity contribution in [2.45, 2.75) is 13.1 Å². The van der Waals surface area contributed by atoms with Gasteiger partial charge in [0.05, 0.1) is 30.3 Å². The van der Waals surface area contributed by atoms with Crippen molar-refractivity contribution in [1.82, 2.24) is 19.7 Å². The molecule has 0 spiro atoms. The lowest BCUT2D eigenvalue weighted by molar-refractivity contribution is -0.141. The highest BCUT2D eigenvalue weighted by Gasteiger charge is 2.33. The van der Waals surface area contributed by atoms with Crippen molar-refractivity contribution in [3.8, 4) is 17.0 Å². The van der Waals surface area contributed by atoms with Crippen LogP contribution in [0.4, 0.5) is 23.5 Å². The van der Waals surface area contributed by atoms with E-state index >= 15 is 0 Å². The smallest absolute Gasteiger partial charge is 0.433 e. The lowest BCUT2D eigenvalue weighted by Crippen LogP contribution is -2.11. The van der Waals surface area contributed by atoms with Crippen molar-refractivity contribution in [2.75, 3.05) is 12.5 Å². The average Bonchev–Trinajstić information content (AvgIpc) is 2.93. The molecule has 0 saturated heterocycles. The molecule has 1 aromatic carbocycles. The lowest BCUT2D eigenvalue weighted by atomic mass is 10.1. The highest BCUT2D eigenvalue weighted by molar-refractivity contribution is 5.81. The van der Waals surface area contributed by atoms with E-state index in [9.17, 15) is 17.6 Å².